The van der Waals surface area contributed by atoms with Gasteiger partial charge in [0.2, 0.25) is 5.95 Å². The Kier molecular flexibility index (Phi) is 3.94. The lowest BCUT2D eigenvalue weighted by Crippen LogP contribution is -2.24. The van der Waals surface area contributed by atoms with E-state index in [9.17, 15) is 9.90 Å². The molecule has 1 aromatic carbocycles. The molecule has 0 radical (unpaired) electrons. The number of fused-ring (bicyclic) bond motifs is 1. The van der Waals surface area contributed by atoms with E-state index in [-0.39, 0.29) is 28.7 Å². The summed E-state index contributed by atoms with van der Waals surface area (Å²) in [5.41, 5.74) is 6.72. The molecule has 1 saturated carbocycles. The Labute approximate surface area is 156 Å². The summed E-state index contributed by atoms with van der Waals surface area (Å²) in [5.74, 6) is -0.197. The smallest absolute Gasteiger partial charge is 0.261 e. The van der Waals surface area contributed by atoms with E-state index >= 15 is 0 Å². The number of amides is 1. The molecule has 9 heteroatoms. The van der Waals surface area contributed by atoms with E-state index in [2.05, 4.69) is 15.3 Å². The van der Waals surface area contributed by atoms with Gasteiger partial charge in [-0.2, -0.15) is 0 Å². The second-order valence-electron chi connectivity index (χ2n) is 5.79. The Balaban J connectivity index is 1.87. The fourth-order valence-electron chi connectivity index (χ4n) is 2.46. The van der Waals surface area contributed by atoms with Gasteiger partial charge in [0, 0.05) is 17.0 Å². The van der Waals surface area contributed by atoms with Crippen LogP contribution in [0.4, 0.5) is 5.95 Å². The van der Waals surface area contributed by atoms with Crippen molar-refractivity contribution in [3.63, 3.8) is 0 Å². The van der Waals surface area contributed by atoms with E-state index < -0.39 is 0 Å². The molecule has 4 rings (SSSR count). The monoisotopic (exact) mass is 394 g/mol. The van der Waals surface area contributed by atoms with Crippen molar-refractivity contribution >= 4 is 56.6 Å². The number of carbonyl (C=O) groups excluding carboxylic acids is 1. The Morgan fingerprint density at radius 1 is 1.24 bits per heavy atom. The number of hydrogen-bond acceptors (Lipinski definition) is 6. The van der Waals surface area contributed by atoms with Gasteiger partial charge in [-0.25, -0.2) is 9.97 Å². The molecule has 3 aromatic rings. The lowest BCUT2D eigenvalue weighted by molar-refractivity contribution is 0.0955. The van der Waals surface area contributed by atoms with Crippen LogP contribution in [0.3, 0.4) is 0 Å². The van der Waals surface area contributed by atoms with Crippen LogP contribution in [-0.4, -0.2) is 27.0 Å². The summed E-state index contributed by atoms with van der Waals surface area (Å²) in [6.45, 7) is 0. The standard InChI is InChI=1S/C16H12Cl2N4O2S/c17-9-5-10(18)11(23)3-7(9)13-8-4-12(14(24)20-6-1-2-6)25-15(8)22-16(19)21-13/h3-6,23H,1-2H2,(H,20,24)(H2,19,21,22). The van der Waals surface area contributed by atoms with Crippen LogP contribution in [0.25, 0.3) is 21.5 Å². The molecular formula is C16H12Cl2N4O2S. The highest BCUT2D eigenvalue weighted by Crippen LogP contribution is 2.40. The molecule has 128 valence electrons. The van der Waals surface area contributed by atoms with Gasteiger partial charge in [-0.3, -0.25) is 4.79 Å². The van der Waals surface area contributed by atoms with Crippen molar-refractivity contribution in [1.29, 1.82) is 0 Å². The Morgan fingerprint density at radius 3 is 2.72 bits per heavy atom. The number of nitrogen functional groups attached to an aromatic ring is 1. The summed E-state index contributed by atoms with van der Waals surface area (Å²) < 4.78 is 0. The van der Waals surface area contributed by atoms with Crippen LogP contribution in [0.5, 0.6) is 5.75 Å². The SMILES string of the molecule is Nc1nc(-c2cc(O)c(Cl)cc2Cl)c2cc(C(=O)NC3CC3)sc2n1. The number of nitrogens with one attached hydrogen (secondary N) is 1. The molecule has 0 spiro atoms. The maximum atomic E-state index is 12.3. The van der Waals surface area contributed by atoms with Crippen molar-refractivity contribution < 1.29 is 9.90 Å². The molecule has 1 aliphatic carbocycles. The number of nitrogens with zero attached hydrogens (tertiary/aromatic N) is 2. The molecule has 2 aromatic heterocycles. The molecule has 4 N–H and O–H groups in total. The van der Waals surface area contributed by atoms with Crippen LogP contribution in [-0.2, 0) is 0 Å². The summed E-state index contributed by atoms with van der Waals surface area (Å²) in [6, 6.07) is 4.84. The largest absolute Gasteiger partial charge is 0.506 e. The number of benzene rings is 1. The van der Waals surface area contributed by atoms with Crippen molar-refractivity contribution in [1.82, 2.24) is 15.3 Å². The third kappa shape index (κ3) is 3.10. The number of aromatic hydroxyl groups is 1. The number of nitrogens with two attached hydrogens (primary N) is 1. The average molecular weight is 395 g/mol. The van der Waals surface area contributed by atoms with Gasteiger partial charge < -0.3 is 16.2 Å². The van der Waals surface area contributed by atoms with E-state index in [0.29, 0.717) is 31.4 Å². The van der Waals surface area contributed by atoms with Gasteiger partial charge in [-0.15, -0.1) is 11.3 Å². The number of anilines is 1. The number of aromatic nitrogens is 2. The third-order valence-corrected chi connectivity index (χ3v) is 5.48. The normalized spacial score (nSPS) is 14.0. The first kappa shape index (κ1) is 16.4. The van der Waals surface area contributed by atoms with E-state index in [1.807, 2.05) is 0 Å². The molecule has 1 aliphatic rings. The number of hydrogen-bond donors (Lipinski definition) is 3. The molecule has 0 unspecified atom stereocenters. The van der Waals surface area contributed by atoms with E-state index in [0.717, 1.165) is 12.8 Å². The Hall–Kier alpha value is -2.09. The summed E-state index contributed by atoms with van der Waals surface area (Å²) in [4.78, 5) is 21.9. The van der Waals surface area contributed by atoms with E-state index in [1.165, 1.54) is 23.5 Å². The topological polar surface area (TPSA) is 101 Å². The molecule has 0 saturated heterocycles. The van der Waals surface area contributed by atoms with Crippen LogP contribution in [0.15, 0.2) is 18.2 Å². The minimum Gasteiger partial charge on any atom is -0.506 e. The molecule has 0 aliphatic heterocycles. The predicted molar refractivity (Wildman–Crippen MR) is 99.4 cm³/mol. The van der Waals surface area contributed by atoms with Crippen LogP contribution >= 0.6 is 34.5 Å². The van der Waals surface area contributed by atoms with Crippen molar-refractivity contribution in [2.45, 2.75) is 18.9 Å². The van der Waals surface area contributed by atoms with Crippen molar-refractivity contribution in [3.8, 4) is 17.0 Å². The van der Waals surface area contributed by atoms with Crippen LogP contribution in [0.1, 0.15) is 22.5 Å². The maximum absolute atomic E-state index is 12.3. The lowest BCUT2D eigenvalue weighted by Gasteiger charge is -2.08. The number of carbonyl (C=O) groups is 1. The minimum absolute atomic E-state index is 0.0593. The second kappa shape index (κ2) is 6.01. The molecule has 25 heavy (non-hydrogen) atoms. The first-order valence-corrected chi connectivity index (χ1v) is 9.06. The zero-order valence-electron chi connectivity index (χ0n) is 12.7. The highest BCUT2D eigenvalue weighted by atomic mass is 35.5. The van der Waals surface area contributed by atoms with Gasteiger partial charge in [0.05, 0.1) is 20.6 Å². The highest BCUT2D eigenvalue weighted by molar-refractivity contribution is 7.20. The summed E-state index contributed by atoms with van der Waals surface area (Å²) in [5, 5.41) is 13.9. The number of halogens is 2. The van der Waals surface area contributed by atoms with E-state index in [4.69, 9.17) is 28.9 Å². The van der Waals surface area contributed by atoms with Gasteiger partial charge in [-0.05, 0) is 31.0 Å². The quantitative estimate of drug-likeness (QED) is 0.626. The first-order valence-electron chi connectivity index (χ1n) is 7.48. The van der Waals surface area contributed by atoms with Crippen molar-refractivity contribution in [3.05, 3.63) is 33.1 Å². The van der Waals surface area contributed by atoms with Gasteiger partial charge in [-0.1, -0.05) is 23.2 Å². The minimum atomic E-state index is -0.139. The Bertz CT molecular complexity index is 1020. The van der Waals surface area contributed by atoms with Crippen molar-refractivity contribution in [2.24, 2.45) is 0 Å². The number of rotatable bonds is 3. The molecule has 0 atom stereocenters. The Morgan fingerprint density at radius 2 is 2.00 bits per heavy atom. The average Bonchev–Trinajstić information content (AvgIpc) is 3.26. The summed E-state index contributed by atoms with van der Waals surface area (Å²) >= 11 is 13.4. The van der Waals surface area contributed by atoms with Crippen LogP contribution in [0, 0.1) is 0 Å². The summed E-state index contributed by atoms with van der Waals surface area (Å²) in [7, 11) is 0. The van der Waals surface area contributed by atoms with E-state index in [1.54, 1.807) is 6.07 Å². The lowest BCUT2D eigenvalue weighted by atomic mass is 10.1. The zero-order valence-corrected chi connectivity index (χ0v) is 15.0. The molecule has 1 fully saturated rings. The van der Waals surface area contributed by atoms with Gasteiger partial charge in [0.25, 0.3) is 5.91 Å². The zero-order chi connectivity index (χ0) is 17.7. The van der Waals surface area contributed by atoms with Crippen LogP contribution in [0.2, 0.25) is 10.0 Å². The predicted octanol–water partition coefficient (Wildman–Crippen LogP) is 3.85. The molecule has 6 nitrogen and oxygen atoms in total. The number of phenols is 1. The van der Waals surface area contributed by atoms with Crippen LogP contribution < -0.4 is 11.1 Å². The highest BCUT2D eigenvalue weighted by Gasteiger charge is 2.25. The van der Waals surface area contributed by atoms with Gasteiger partial charge in [0.1, 0.15) is 10.6 Å². The third-order valence-electron chi connectivity index (χ3n) is 3.84. The maximum Gasteiger partial charge on any atom is 0.261 e. The molecule has 0 bridgehead atoms. The first-order chi connectivity index (χ1) is 11.9. The summed E-state index contributed by atoms with van der Waals surface area (Å²) in [6.07, 6.45) is 2.02. The van der Waals surface area contributed by atoms with Crippen molar-refractivity contribution in [2.75, 3.05) is 5.73 Å². The fourth-order valence-corrected chi connectivity index (χ4v) is 3.87. The molecular weight excluding hydrogens is 383 g/mol. The number of phenolic OH excluding ortho intramolecular Hbond substituents is 1. The molecule has 2 heterocycles. The second-order valence-corrected chi connectivity index (χ2v) is 7.64. The number of thiophene rings is 1. The fraction of sp³-hybridized carbons (Fsp3) is 0.188. The van der Waals surface area contributed by atoms with Gasteiger partial charge in [0.15, 0.2) is 0 Å². The van der Waals surface area contributed by atoms with Gasteiger partial charge >= 0.3 is 0 Å². The molecule has 1 amide bonds.